The average Bonchev–Trinajstić information content (AvgIpc) is 2.31. The van der Waals surface area contributed by atoms with Gasteiger partial charge < -0.3 is 5.11 Å². The molecule has 1 N–H and O–H groups in total. The van der Waals surface area contributed by atoms with Gasteiger partial charge in [-0.25, -0.2) is 0 Å². The first kappa shape index (κ1) is 11.6. The summed E-state index contributed by atoms with van der Waals surface area (Å²) in [5, 5.41) is 9.58. The van der Waals surface area contributed by atoms with Gasteiger partial charge in [0.25, 0.3) is 0 Å². The SMILES string of the molecule is Cc1cccc([C@@H](CO)N2CCCCC2)c1. The lowest BCUT2D eigenvalue weighted by molar-refractivity contribution is 0.104. The van der Waals surface area contributed by atoms with E-state index in [-0.39, 0.29) is 12.6 Å². The average molecular weight is 219 g/mol. The van der Waals surface area contributed by atoms with Crippen molar-refractivity contribution in [3.63, 3.8) is 0 Å². The van der Waals surface area contributed by atoms with Crippen LogP contribution in [0.5, 0.6) is 0 Å². The molecular formula is C14H21NO. The molecule has 1 aliphatic heterocycles. The Hall–Kier alpha value is -0.860. The topological polar surface area (TPSA) is 23.5 Å². The summed E-state index contributed by atoms with van der Waals surface area (Å²) >= 11 is 0. The highest BCUT2D eigenvalue weighted by Gasteiger charge is 2.21. The second-order valence-electron chi connectivity index (χ2n) is 4.71. The van der Waals surface area contributed by atoms with Crippen molar-refractivity contribution in [3.8, 4) is 0 Å². The van der Waals surface area contributed by atoms with Crippen LogP contribution in [0.1, 0.15) is 36.4 Å². The van der Waals surface area contributed by atoms with Crippen molar-refractivity contribution in [1.82, 2.24) is 4.90 Å². The highest BCUT2D eigenvalue weighted by molar-refractivity contribution is 5.25. The van der Waals surface area contributed by atoms with Crippen molar-refractivity contribution in [2.45, 2.75) is 32.2 Å². The molecule has 1 aromatic rings. The van der Waals surface area contributed by atoms with Gasteiger partial charge in [0, 0.05) is 0 Å². The Morgan fingerprint density at radius 3 is 2.62 bits per heavy atom. The number of piperidine rings is 1. The molecule has 2 rings (SSSR count). The van der Waals surface area contributed by atoms with Crippen molar-refractivity contribution >= 4 is 0 Å². The molecule has 2 nitrogen and oxygen atoms in total. The quantitative estimate of drug-likeness (QED) is 0.844. The van der Waals surface area contributed by atoms with Crippen molar-refractivity contribution in [1.29, 1.82) is 0 Å². The van der Waals surface area contributed by atoms with Crippen molar-refractivity contribution in [2.75, 3.05) is 19.7 Å². The Labute approximate surface area is 97.9 Å². The zero-order chi connectivity index (χ0) is 11.4. The molecule has 0 saturated carbocycles. The second kappa shape index (κ2) is 5.46. The highest BCUT2D eigenvalue weighted by Crippen LogP contribution is 2.24. The molecule has 0 bridgehead atoms. The fraction of sp³-hybridized carbons (Fsp3) is 0.571. The minimum atomic E-state index is 0.195. The Kier molecular flexibility index (Phi) is 3.97. The predicted octanol–water partition coefficient (Wildman–Crippen LogP) is 2.51. The number of rotatable bonds is 3. The van der Waals surface area contributed by atoms with Gasteiger partial charge in [-0.1, -0.05) is 36.2 Å². The molecule has 0 spiro atoms. The van der Waals surface area contributed by atoms with Gasteiger partial charge in [-0.15, -0.1) is 0 Å². The monoisotopic (exact) mass is 219 g/mol. The first-order chi connectivity index (χ1) is 7.81. The van der Waals surface area contributed by atoms with Crippen LogP contribution < -0.4 is 0 Å². The number of hydrogen-bond donors (Lipinski definition) is 1. The molecule has 0 radical (unpaired) electrons. The summed E-state index contributed by atoms with van der Waals surface area (Å²) in [6.45, 7) is 4.58. The van der Waals surface area contributed by atoms with Gasteiger partial charge in [0.15, 0.2) is 0 Å². The van der Waals surface area contributed by atoms with Gasteiger partial charge in [-0.2, -0.15) is 0 Å². The maximum Gasteiger partial charge on any atom is 0.0628 e. The van der Waals surface area contributed by atoms with Crippen LogP contribution in [0.4, 0.5) is 0 Å². The summed E-state index contributed by atoms with van der Waals surface area (Å²) < 4.78 is 0. The zero-order valence-corrected chi connectivity index (χ0v) is 10.0. The van der Waals surface area contributed by atoms with E-state index < -0.39 is 0 Å². The van der Waals surface area contributed by atoms with Crippen LogP contribution in [0.2, 0.25) is 0 Å². The summed E-state index contributed by atoms with van der Waals surface area (Å²) in [6, 6.07) is 8.70. The third-order valence-electron chi connectivity index (χ3n) is 3.43. The minimum Gasteiger partial charge on any atom is -0.394 e. The summed E-state index contributed by atoms with van der Waals surface area (Å²) in [6.07, 6.45) is 3.87. The minimum absolute atomic E-state index is 0.195. The molecule has 1 aromatic carbocycles. The van der Waals surface area contributed by atoms with E-state index in [4.69, 9.17) is 0 Å². The van der Waals surface area contributed by atoms with Crippen molar-refractivity contribution < 1.29 is 5.11 Å². The molecule has 0 unspecified atom stereocenters. The molecule has 0 amide bonds. The molecule has 0 aliphatic carbocycles. The van der Waals surface area contributed by atoms with E-state index in [1.807, 2.05) is 0 Å². The first-order valence-electron chi connectivity index (χ1n) is 6.23. The molecule has 2 heteroatoms. The van der Waals surface area contributed by atoms with E-state index in [2.05, 4.69) is 36.1 Å². The fourth-order valence-electron chi connectivity index (χ4n) is 2.54. The summed E-state index contributed by atoms with van der Waals surface area (Å²) in [4.78, 5) is 2.41. The molecule has 1 aliphatic rings. The van der Waals surface area contributed by atoms with Gasteiger partial charge in [0.2, 0.25) is 0 Å². The normalized spacial score (nSPS) is 19.6. The van der Waals surface area contributed by atoms with E-state index >= 15 is 0 Å². The van der Waals surface area contributed by atoms with Gasteiger partial charge in [0.1, 0.15) is 0 Å². The summed E-state index contributed by atoms with van der Waals surface area (Å²) in [7, 11) is 0. The van der Waals surface area contributed by atoms with Crippen molar-refractivity contribution in [3.05, 3.63) is 35.4 Å². The third kappa shape index (κ3) is 2.63. The largest absolute Gasteiger partial charge is 0.394 e. The first-order valence-corrected chi connectivity index (χ1v) is 6.23. The zero-order valence-electron chi connectivity index (χ0n) is 10.0. The molecule has 1 atom stereocenters. The number of aliphatic hydroxyl groups is 1. The molecule has 1 saturated heterocycles. The number of benzene rings is 1. The molecular weight excluding hydrogens is 198 g/mol. The van der Waals surface area contributed by atoms with E-state index in [9.17, 15) is 5.11 Å². The Bertz CT molecular complexity index is 331. The van der Waals surface area contributed by atoms with Crippen LogP contribution in [-0.2, 0) is 0 Å². The lowest BCUT2D eigenvalue weighted by Crippen LogP contribution is -2.35. The number of likely N-dealkylation sites (tertiary alicyclic amines) is 1. The Morgan fingerprint density at radius 1 is 1.25 bits per heavy atom. The van der Waals surface area contributed by atoms with Crippen LogP contribution in [0.25, 0.3) is 0 Å². The van der Waals surface area contributed by atoms with E-state index in [0.29, 0.717) is 0 Å². The van der Waals surface area contributed by atoms with Crippen LogP contribution in [0, 0.1) is 6.92 Å². The van der Waals surface area contributed by atoms with E-state index in [1.165, 1.54) is 30.4 Å². The molecule has 0 aromatic heterocycles. The lowest BCUT2D eigenvalue weighted by atomic mass is 10.0. The highest BCUT2D eigenvalue weighted by atomic mass is 16.3. The van der Waals surface area contributed by atoms with Gasteiger partial charge in [-0.3, -0.25) is 4.90 Å². The smallest absolute Gasteiger partial charge is 0.0628 e. The molecule has 1 heterocycles. The maximum atomic E-state index is 9.58. The second-order valence-corrected chi connectivity index (χ2v) is 4.71. The van der Waals surface area contributed by atoms with E-state index in [0.717, 1.165) is 13.1 Å². The van der Waals surface area contributed by atoms with Gasteiger partial charge in [-0.05, 0) is 38.4 Å². The summed E-state index contributed by atoms with van der Waals surface area (Å²) in [5.74, 6) is 0. The molecule has 16 heavy (non-hydrogen) atoms. The molecule has 1 fully saturated rings. The Balaban J connectivity index is 2.14. The number of nitrogens with zero attached hydrogens (tertiary/aromatic N) is 1. The standard InChI is InChI=1S/C14H21NO/c1-12-6-5-7-13(10-12)14(11-16)15-8-3-2-4-9-15/h5-7,10,14,16H,2-4,8-9,11H2,1H3/t14-/m1/s1. The van der Waals surface area contributed by atoms with Gasteiger partial charge >= 0.3 is 0 Å². The number of aryl methyl sites for hydroxylation is 1. The fourth-order valence-corrected chi connectivity index (χ4v) is 2.54. The van der Waals surface area contributed by atoms with Crippen LogP contribution >= 0.6 is 0 Å². The third-order valence-corrected chi connectivity index (χ3v) is 3.43. The van der Waals surface area contributed by atoms with Crippen molar-refractivity contribution in [2.24, 2.45) is 0 Å². The summed E-state index contributed by atoms with van der Waals surface area (Å²) in [5.41, 5.74) is 2.53. The molecule has 88 valence electrons. The van der Waals surface area contributed by atoms with E-state index in [1.54, 1.807) is 0 Å². The number of hydrogen-bond acceptors (Lipinski definition) is 2. The Morgan fingerprint density at radius 2 is 2.00 bits per heavy atom. The predicted molar refractivity (Wildman–Crippen MR) is 66.4 cm³/mol. The maximum absolute atomic E-state index is 9.58. The van der Waals surface area contributed by atoms with Crippen LogP contribution in [0.15, 0.2) is 24.3 Å². The van der Waals surface area contributed by atoms with Crippen LogP contribution in [0.3, 0.4) is 0 Å². The number of aliphatic hydroxyl groups excluding tert-OH is 1. The van der Waals surface area contributed by atoms with Crippen LogP contribution in [-0.4, -0.2) is 29.7 Å². The lowest BCUT2D eigenvalue weighted by Gasteiger charge is -2.33. The van der Waals surface area contributed by atoms with Gasteiger partial charge in [0.05, 0.1) is 12.6 Å².